The maximum Gasteiger partial charge on any atom is 0.264 e. The summed E-state index contributed by atoms with van der Waals surface area (Å²) in [5, 5.41) is 11.8. The third kappa shape index (κ3) is 1.59. The molecular weight excluding hydrogens is 194 g/mol. The molecule has 0 aliphatic carbocycles. The van der Waals surface area contributed by atoms with Gasteiger partial charge in [0.2, 0.25) is 0 Å². The van der Waals surface area contributed by atoms with Crippen molar-refractivity contribution in [1.82, 2.24) is 9.78 Å². The number of phenolic OH excluding ortho intramolecular Hbond substituents is 1. The number of aryl methyl sites for hydroxylation is 1. The number of nitrogens with zero attached hydrogens (tertiary/aromatic N) is 1. The van der Waals surface area contributed by atoms with Crippen LogP contribution in [0.1, 0.15) is 5.69 Å². The molecule has 0 bridgehead atoms. The molecule has 2 rings (SSSR count). The second kappa shape index (κ2) is 3.20. The zero-order chi connectivity index (χ0) is 11.0. The molecule has 0 unspecified atom stereocenters. The Morgan fingerprint density at radius 2 is 2.13 bits per heavy atom. The van der Waals surface area contributed by atoms with Gasteiger partial charge in [0.15, 0.2) is 0 Å². The number of benzene rings is 1. The fourth-order valence-corrected chi connectivity index (χ4v) is 1.48. The Labute approximate surface area is 85.8 Å². The smallest absolute Gasteiger partial charge is 0.264 e. The number of aromatic amines is 1. The monoisotopic (exact) mass is 205 g/mol. The molecule has 5 heteroatoms. The Hall–Kier alpha value is -2.17. The van der Waals surface area contributed by atoms with E-state index in [-0.39, 0.29) is 11.3 Å². The maximum atomic E-state index is 11.1. The van der Waals surface area contributed by atoms with Crippen LogP contribution in [0, 0.1) is 6.92 Å². The summed E-state index contributed by atoms with van der Waals surface area (Å²) in [4.78, 5) is 11.1. The first-order valence-corrected chi connectivity index (χ1v) is 4.45. The van der Waals surface area contributed by atoms with Crippen LogP contribution >= 0.6 is 0 Å². The molecule has 1 heterocycles. The number of rotatable bonds is 1. The minimum atomic E-state index is -0.181. The quantitative estimate of drug-likeness (QED) is 0.601. The Bertz CT molecular complexity index is 554. The van der Waals surface area contributed by atoms with E-state index < -0.39 is 0 Å². The van der Waals surface area contributed by atoms with E-state index in [1.165, 1.54) is 18.2 Å². The number of hydrogen-bond donors (Lipinski definition) is 3. The molecule has 78 valence electrons. The lowest BCUT2D eigenvalue weighted by atomic mass is 10.2. The largest absolute Gasteiger partial charge is 0.508 e. The minimum absolute atomic E-state index is 0.100. The number of aromatic hydroxyl groups is 1. The molecule has 1 aromatic carbocycles. The predicted octanol–water partition coefficient (Wildman–Crippen LogP) is 0.762. The van der Waals surface area contributed by atoms with Gasteiger partial charge in [0.05, 0.1) is 11.4 Å². The summed E-state index contributed by atoms with van der Waals surface area (Å²) in [6.45, 7) is 1.80. The molecule has 0 saturated carbocycles. The van der Waals surface area contributed by atoms with Crippen LogP contribution in [-0.2, 0) is 0 Å². The number of phenols is 1. The van der Waals surface area contributed by atoms with Gasteiger partial charge in [0, 0.05) is 17.8 Å². The topological polar surface area (TPSA) is 84.0 Å². The minimum Gasteiger partial charge on any atom is -0.508 e. The first kappa shape index (κ1) is 9.39. The van der Waals surface area contributed by atoms with Crippen LogP contribution in [0.25, 0.3) is 5.69 Å². The summed E-state index contributed by atoms with van der Waals surface area (Å²) in [5.74, 6) is 0.100. The fourth-order valence-electron chi connectivity index (χ4n) is 1.48. The van der Waals surface area contributed by atoms with Gasteiger partial charge < -0.3 is 10.8 Å². The van der Waals surface area contributed by atoms with Crippen LogP contribution in [0.5, 0.6) is 5.75 Å². The van der Waals surface area contributed by atoms with Crippen LogP contribution in [0.2, 0.25) is 0 Å². The summed E-state index contributed by atoms with van der Waals surface area (Å²) in [7, 11) is 0. The van der Waals surface area contributed by atoms with Gasteiger partial charge in [-0.1, -0.05) is 0 Å². The van der Waals surface area contributed by atoms with Crippen molar-refractivity contribution in [3.05, 3.63) is 40.3 Å². The van der Waals surface area contributed by atoms with Gasteiger partial charge in [-0.05, 0) is 19.1 Å². The predicted molar refractivity (Wildman–Crippen MR) is 57.2 cm³/mol. The lowest BCUT2D eigenvalue weighted by Gasteiger charge is -2.08. The van der Waals surface area contributed by atoms with Gasteiger partial charge in [-0.25, -0.2) is 0 Å². The highest BCUT2D eigenvalue weighted by atomic mass is 16.3. The highest BCUT2D eigenvalue weighted by Gasteiger charge is 2.06. The van der Waals surface area contributed by atoms with Crippen molar-refractivity contribution in [1.29, 1.82) is 0 Å². The van der Waals surface area contributed by atoms with Crippen molar-refractivity contribution in [2.24, 2.45) is 0 Å². The molecule has 0 aliphatic rings. The van der Waals surface area contributed by atoms with E-state index in [2.05, 4.69) is 5.10 Å². The van der Waals surface area contributed by atoms with Crippen LogP contribution in [0.15, 0.2) is 29.1 Å². The van der Waals surface area contributed by atoms with Crippen molar-refractivity contribution in [2.75, 3.05) is 5.73 Å². The number of anilines is 1. The van der Waals surface area contributed by atoms with Crippen molar-refractivity contribution in [3.63, 3.8) is 0 Å². The fraction of sp³-hybridized carbons (Fsp3) is 0.100. The Morgan fingerprint density at radius 1 is 1.40 bits per heavy atom. The molecule has 15 heavy (non-hydrogen) atoms. The van der Waals surface area contributed by atoms with E-state index in [4.69, 9.17) is 5.73 Å². The second-order valence-corrected chi connectivity index (χ2v) is 3.34. The van der Waals surface area contributed by atoms with E-state index in [1.807, 2.05) is 0 Å². The van der Waals surface area contributed by atoms with Crippen molar-refractivity contribution < 1.29 is 5.11 Å². The van der Waals surface area contributed by atoms with Crippen molar-refractivity contribution in [2.45, 2.75) is 6.92 Å². The molecule has 0 atom stereocenters. The van der Waals surface area contributed by atoms with Gasteiger partial charge in [-0.15, -0.1) is 0 Å². The Kier molecular flexibility index (Phi) is 2.00. The third-order valence-electron chi connectivity index (χ3n) is 2.17. The lowest BCUT2D eigenvalue weighted by molar-refractivity contribution is 0.475. The maximum absolute atomic E-state index is 11.1. The number of H-pyrrole nitrogens is 1. The number of hydrogen-bond acceptors (Lipinski definition) is 3. The van der Waals surface area contributed by atoms with E-state index in [0.29, 0.717) is 11.4 Å². The van der Waals surface area contributed by atoms with Crippen LogP contribution in [0.3, 0.4) is 0 Å². The van der Waals surface area contributed by atoms with E-state index in [0.717, 1.165) is 5.69 Å². The summed E-state index contributed by atoms with van der Waals surface area (Å²) in [6, 6.07) is 6.08. The van der Waals surface area contributed by atoms with Crippen molar-refractivity contribution >= 4 is 5.69 Å². The number of aromatic nitrogens is 2. The van der Waals surface area contributed by atoms with Crippen LogP contribution < -0.4 is 11.3 Å². The van der Waals surface area contributed by atoms with E-state index in [1.54, 1.807) is 17.7 Å². The zero-order valence-corrected chi connectivity index (χ0v) is 8.19. The summed E-state index contributed by atoms with van der Waals surface area (Å²) >= 11 is 0. The molecule has 2 aromatic rings. The lowest BCUT2D eigenvalue weighted by Crippen LogP contribution is -2.06. The average Bonchev–Trinajstić information content (AvgIpc) is 2.45. The first-order valence-electron chi connectivity index (χ1n) is 4.45. The second-order valence-electron chi connectivity index (χ2n) is 3.34. The molecule has 4 N–H and O–H groups in total. The summed E-state index contributed by atoms with van der Waals surface area (Å²) in [5.41, 5.74) is 7.36. The summed E-state index contributed by atoms with van der Waals surface area (Å²) < 4.78 is 1.58. The van der Waals surface area contributed by atoms with Gasteiger partial charge in [-0.3, -0.25) is 14.6 Å². The molecule has 5 nitrogen and oxygen atoms in total. The van der Waals surface area contributed by atoms with Gasteiger partial charge in [0.1, 0.15) is 5.75 Å². The molecule has 0 radical (unpaired) electrons. The molecule has 0 spiro atoms. The highest BCUT2D eigenvalue weighted by Crippen LogP contribution is 2.21. The van der Waals surface area contributed by atoms with Crippen LogP contribution in [0.4, 0.5) is 5.69 Å². The highest BCUT2D eigenvalue weighted by molar-refractivity contribution is 5.60. The van der Waals surface area contributed by atoms with Crippen molar-refractivity contribution in [3.8, 4) is 11.4 Å². The van der Waals surface area contributed by atoms with Crippen LogP contribution in [-0.4, -0.2) is 14.9 Å². The molecular formula is C10H11N3O2. The SMILES string of the molecule is Cc1cc(=O)[nH]n1-c1ccc(O)cc1N. The van der Waals surface area contributed by atoms with Gasteiger partial charge in [-0.2, -0.15) is 0 Å². The average molecular weight is 205 g/mol. The molecule has 0 saturated heterocycles. The first-order chi connectivity index (χ1) is 7.08. The number of nitrogens with two attached hydrogens (primary N) is 1. The van der Waals surface area contributed by atoms with E-state index >= 15 is 0 Å². The zero-order valence-electron chi connectivity index (χ0n) is 8.19. The summed E-state index contributed by atoms with van der Waals surface area (Å²) in [6.07, 6.45) is 0. The molecule has 0 fully saturated rings. The number of nitrogens with one attached hydrogen (secondary N) is 1. The van der Waals surface area contributed by atoms with E-state index in [9.17, 15) is 9.90 Å². The normalized spacial score (nSPS) is 10.5. The van der Waals surface area contributed by atoms with Gasteiger partial charge in [0.25, 0.3) is 5.56 Å². The molecule has 1 aromatic heterocycles. The molecule has 0 aliphatic heterocycles. The Balaban J connectivity index is 2.64. The van der Waals surface area contributed by atoms with Gasteiger partial charge >= 0.3 is 0 Å². The standard InChI is InChI=1S/C10H11N3O2/c1-6-4-10(15)12-13(6)9-3-2-7(14)5-8(9)11/h2-5,14H,11H2,1H3,(H,12,15). The molecule has 0 amide bonds. The third-order valence-corrected chi connectivity index (χ3v) is 2.17. The number of nitrogen functional groups attached to an aromatic ring is 1. The Morgan fingerprint density at radius 3 is 2.67 bits per heavy atom.